The van der Waals surface area contributed by atoms with Crippen LogP contribution in [0.2, 0.25) is 0 Å². The zero-order valence-electron chi connectivity index (χ0n) is 22.1. The second-order valence-corrected chi connectivity index (χ2v) is 7.24. The molecule has 2 aliphatic rings. The van der Waals surface area contributed by atoms with Gasteiger partial charge < -0.3 is 45.4 Å². The fourth-order valence-corrected chi connectivity index (χ4v) is 2.51. The molecule has 3 rings (SSSR count). The first-order valence-corrected chi connectivity index (χ1v) is 10.7. The molecule has 2 N–H and O–H groups in total. The van der Waals surface area contributed by atoms with Crippen molar-refractivity contribution in [2.45, 2.75) is 39.9 Å². The van der Waals surface area contributed by atoms with Crippen LogP contribution in [0.5, 0.6) is 0 Å². The van der Waals surface area contributed by atoms with Gasteiger partial charge in [0.15, 0.2) is 0 Å². The van der Waals surface area contributed by atoms with Crippen LogP contribution in [-0.4, -0.2) is 76.6 Å². The van der Waals surface area contributed by atoms with Gasteiger partial charge in [-0.15, -0.1) is 0 Å². The van der Waals surface area contributed by atoms with Gasteiger partial charge in [-0.1, -0.05) is 16.4 Å². The van der Waals surface area contributed by atoms with Gasteiger partial charge in [-0.25, -0.2) is 16.2 Å². The minimum absolute atomic E-state index is 0. The fourth-order valence-electron chi connectivity index (χ4n) is 2.51. The van der Waals surface area contributed by atoms with Crippen LogP contribution in [-0.2, 0) is 40.6 Å². The number of rotatable bonds is 4. The van der Waals surface area contributed by atoms with Crippen molar-refractivity contribution >= 4 is 34.8 Å². The normalized spacial score (nSPS) is 18.1. The van der Waals surface area contributed by atoms with Crippen LogP contribution in [0.4, 0.5) is 0 Å². The number of ether oxygens (including phenoxy) is 3. The number of hydrogen-bond donors (Lipinski definition) is 2. The Morgan fingerprint density at radius 3 is 1.62 bits per heavy atom. The quantitative estimate of drug-likeness (QED) is 0.172. The second-order valence-electron chi connectivity index (χ2n) is 7.24. The number of hydrogen-bond acceptors (Lipinski definition) is 14. The summed E-state index contributed by atoms with van der Waals surface area (Å²) < 4.78 is 14.7. The summed E-state index contributed by atoms with van der Waals surface area (Å²) in [6.45, 7) is 9.69. The third-order valence-electron chi connectivity index (χ3n) is 4.82. The van der Waals surface area contributed by atoms with E-state index in [1.807, 2.05) is 18.2 Å². The molecule has 15 heteroatoms. The van der Waals surface area contributed by atoms with Crippen LogP contribution >= 0.6 is 0 Å². The average Bonchev–Trinajstić information content (AvgIpc) is 3.53. The third-order valence-corrected chi connectivity index (χ3v) is 4.82. The van der Waals surface area contributed by atoms with Crippen LogP contribution in [0.25, 0.3) is 0 Å². The van der Waals surface area contributed by atoms with E-state index in [0.717, 1.165) is 0 Å². The van der Waals surface area contributed by atoms with E-state index in [2.05, 4.69) is 41.7 Å². The SMILES string of the molecule is C=C1[CH-][C@H]2O[C@@H]1C(C(=O)OC)=C2C(=O)OC.CC(=N\[O-])/C(C)=N/O.CC(=N\[O-])/C(C)=N/O.[Co].c1ccncc1. The smallest absolute Gasteiger partial charge is 0.337 e. The van der Waals surface area contributed by atoms with Crippen molar-refractivity contribution < 1.29 is 51.0 Å². The molecule has 1 aromatic rings. The minimum atomic E-state index is -0.581. The van der Waals surface area contributed by atoms with Gasteiger partial charge in [-0.05, 0) is 39.8 Å². The Kier molecular flexibility index (Phi) is 18.8. The van der Waals surface area contributed by atoms with Crippen LogP contribution in [0.1, 0.15) is 27.7 Å². The second kappa shape index (κ2) is 19.8. The van der Waals surface area contributed by atoms with E-state index in [4.69, 9.17) is 15.2 Å². The summed E-state index contributed by atoms with van der Waals surface area (Å²) in [4.78, 5) is 26.9. The number of fused-ring (bicyclic) bond motifs is 2. The minimum Gasteiger partial charge on any atom is -0.792 e. The van der Waals surface area contributed by atoms with Crippen LogP contribution in [0.3, 0.4) is 0 Å². The molecule has 0 unspecified atom stereocenters. The first-order chi connectivity index (χ1) is 18.0. The van der Waals surface area contributed by atoms with Crippen LogP contribution in [0.15, 0.2) is 74.5 Å². The Morgan fingerprint density at radius 1 is 0.897 bits per heavy atom. The maximum atomic E-state index is 11.6. The van der Waals surface area contributed by atoms with Crippen molar-refractivity contribution in [2.24, 2.45) is 20.6 Å². The van der Waals surface area contributed by atoms with Gasteiger partial charge in [-0.3, -0.25) is 4.98 Å². The van der Waals surface area contributed by atoms with Crippen molar-refractivity contribution in [3.8, 4) is 0 Å². The molecule has 39 heavy (non-hydrogen) atoms. The van der Waals surface area contributed by atoms with Gasteiger partial charge in [0.2, 0.25) is 0 Å². The molecule has 0 aliphatic carbocycles. The van der Waals surface area contributed by atoms with E-state index < -0.39 is 24.1 Å². The fraction of sp³-hybridized carbons (Fsp3) is 0.333. The first-order valence-electron chi connectivity index (χ1n) is 10.7. The Bertz CT molecular complexity index is 1010. The van der Waals surface area contributed by atoms with Gasteiger partial charge in [0.05, 0.1) is 54.3 Å². The number of carbonyl (C=O) groups is 2. The van der Waals surface area contributed by atoms with Crippen molar-refractivity contribution in [1.29, 1.82) is 0 Å². The Hall–Kier alpha value is -4.21. The number of aromatic nitrogens is 1. The standard InChI is InChI=1S/C11H11O5.C5H5N.2C4H8N2O2.Co/c1-5-4-6-7(10(12)14-2)8(9(5)16-6)11(13)15-3;1-2-4-6-5-3-1;2*1-3(5-7)4(2)6-8;/h4,6,9H,1H2,2-3H3;1-5H;2*7-8H,1-2H3;/q-1;;;;/p-2/b;;2*5-3+,6-4+;/t6-,9+;;;;/m1..../s1. The van der Waals surface area contributed by atoms with Crippen LogP contribution in [0, 0.1) is 16.8 Å². The predicted molar refractivity (Wildman–Crippen MR) is 140 cm³/mol. The summed E-state index contributed by atoms with van der Waals surface area (Å²) in [6.07, 6.45) is 4.08. The summed E-state index contributed by atoms with van der Waals surface area (Å²) in [5, 5.41) is 45.8. The van der Waals surface area contributed by atoms with Crippen molar-refractivity contribution in [3.63, 3.8) is 0 Å². The molecule has 2 bridgehead atoms. The van der Waals surface area contributed by atoms with Crippen LogP contribution < -0.4 is 0 Å². The Balaban J connectivity index is 0. The van der Waals surface area contributed by atoms with E-state index in [1.54, 1.807) is 18.8 Å². The molecule has 14 nitrogen and oxygen atoms in total. The number of oxime groups is 2. The van der Waals surface area contributed by atoms with E-state index in [1.165, 1.54) is 41.9 Å². The molecule has 0 spiro atoms. The molecule has 1 saturated heterocycles. The molecule has 0 amide bonds. The number of carbonyl (C=O) groups excluding carboxylic acids is 2. The first kappa shape index (κ1) is 36.9. The van der Waals surface area contributed by atoms with E-state index >= 15 is 0 Å². The maximum Gasteiger partial charge on any atom is 0.337 e. The van der Waals surface area contributed by atoms with Gasteiger partial charge in [0.25, 0.3) is 0 Å². The Labute approximate surface area is 236 Å². The molecule has 0 saturated carbocycles. The van der Waals surface area contributed by atoms with Crippen molar-refractivity contribution in [3.05, 3.63) is 70.7 Å². The molecule has 2 aliphatic heterocycles. The predicted octanol–water partition coefficient (Wildman–Crippen LogP) is 2.84. The molecule has 2 atom stereocenters. The summed E-state index contributed by atoms with van der Waals surface area (Å²) in [6, 6.07) is 5.72. The maximum absolute atomic E-state index is 11.6. The van der Waals surface area contributed by atoms with E-state index in [9.17, 15) is 20.0 Å². The molecule has 1 aromatic heterocycles. The summed E-state index contributed by atoms with van der Waals surface area (Å²) in [5.41, 5.74) is 1.98. The molecular formula is C24H30CoN5O9-3. The zero-order chi connectivity index (χ0) is 29.3. The monoisotopic (exact) mass is 591 g/mol. The number of pyridine rings is 1. The number of nitrogens with zero attached hydrogens (tertiary/aromatic N) is 5. The topological polar surface area (TPSA) is 211 Å². The molecule has 1 radical (unpaired) electrons. The van der Waals surface area contributed by atoms with E-state index in [-0.39, 0.29) is 50.8 Å². The van der Waals surface area contributed by atoms with Crippen molar-refractivity contribution in [2.75, 3.05) is 14.2 Å². The molecular weight excluding hydrogens is 561 g/mol. The zero-order valence-corrected chi connectivity index (χ0v) is 23.2. The molecule has 0 aromatic carbocycles. The van der Waals surface area contributed by atoms with Gasteiger partial charge >= 0.3 is 11.9 Å². The van der Waals surface area contributed by atoms with Gasteiger partial charge in [-0.2, -0.15) is 12.0 Å². The average molecular weight is 591 g/mol. The number of esters is 2. The van der Waals surface area contributed by atoms with Gasteiger partial charge in [0.1, 0.15) is 0 Å². The molecule has 1 fully saturated rings. The summed E-state index contributed by atoms with van der Waals surface area (Å²) in [7, 11) is 2.51. The van der Waals surface area contributed by atoms with Gasteiger partial charge in [0, 0.05) is 35.3 Å². The van der Waals surface area contributed by atoms with E-state index in [0.29, 0.717) is 5.57 Å². The number of methoxy groups -OCH3 is 2. The Morgan fingerprint density at radius 2 is 1.33 bits per heavy atom. The largest absolute Gasteiger partial charge is 0.792 e. The van der Waals surface area contributed by atoms with Crippen molar-refractivity contribution in [1.82, 2.24) is 4.98 Å². The third kappa shape index (κ3) is 11.8. The summed E-state index contributed by atoms with van der Waals surface area (Å²) in [5.74, 6) is -1.15. The molecule has 3 heterocycles. The molecule has 217 valence electrons. The summed E-state index contributed by atoms with van der Waals surface area (Å²) >= 11 is 0.